The Morgan fingerprint density at radius 2 is 2.27 bits per heavy atom. The van der Waals surface area contributed by atoms with Crippen molar-refractivity contribution in [1.82, 2.24) is 10.2 Å². The van der Waals surface area contributed by atoms with Crippen molar-refractivity contribution in [2.24, 2.45) is 0 Å². The average Bonchev–Trinajstić information content (AvgIpc) is 2.49. The fourth-order valence-corrected chi connectivity index (χ4v) is 3.84. The molecule has 22 heavy (non-hydrogen) atoms. The van der Waals surface area contributed by atoms with Crippen molar-refractivity contribution in [3.8, 4) is 5.75 Å². The van der Waals surface area contributed by atoms with Crippen LogP contribution in [-0.2, 0) is 10.8 Å². The first-order valence-corrected chi connectivity index (χ1v) is 9.05. The maximum Gasteiger partial charge on any atom is 0.317 e. The maximum atomic E-state index is 12.2. The largest absolute Gasteiger partial charge is 0.492 e. The Balaban J connectivity index is 1.75. The number of carbonyl (C=O) groups excluding carboxylic acids is 1. The number of ether oxygens (including phenoxy) is 1. The van der Waals surface area contributed by atoms with Gasteiger partial charge in [0.2, 0.25) is 0 Å². The highest BCUT2D eigenvalue weighted by atomic mass is 35.5. The van der Waals surface area contributed by atoms with Crippen LogP contribution in [0.3, 0.4) is 0 Å². The van der Waals surface area contributed by atoms with Crippen molar-refractivity contribution in [1.29, 1.82) is 0 Å². The Hall–Kier alpha value is -1.27. The predicted octanol–water partition coefficient (Wildman–Crippen LogP) is 2.27. The van der Waals surface area contributed by atoms with Gasteiger partial charge in [-0.2, -0.15) is 0 Å². The third-order valence-corrected chi connectivity index (χ3v) is 5.87. The van der Waals surface area contributed by atoms with E-state index in [2.05, 4.69) is 5.32 Å². The number of carbonyl (C=O) groups is 1. The van der Waals surface area contributed by atoms with Gasteiger partial charge in [0.25, 0.3) is 0 Å². The quantitative estimate of drug-likeness (QED) is 0.852. The van der Waals surface area contributed by atoms with Crippen molar-refractivity contribution in [2.45, 2.75) is 25.1 Å². The van der Waals surface area contributed by atoms with Crippen LogP contribution in [0.1, 0.15) is 13.8 Å². The molecule has 1 aliphatic rings. The molecule has 0 spiro atoms. The third kappa shape index (κ3) is 4.36. The highest BCUT2D eigenvalue weighted by Gasteiger charge is 2.32. The molecule has 1 aromatic rings. The summed E-state index contributed by atoms with van der Waals surface area (Å²) in [5.74, 6) is 1.22. The van der Waals surface area contributed by atoms with Crippen molar-refractivity contribution in [3.63, 3.8) is 0 Å². The number of nitrogens with one attached hydrogen (secondary N) is 1. The molecule has 1 heterocycles. The lowest BCUT2D eigenvalue weighted by molar-refractivity contribution is 0.177. The minimum absolute atomic E-state index is 0.00205. The van der Waals surface area contributed by atoms with E-state index >= 15 is 0 Å². The van der Waals surface area contributed by atoms with Crippen molar-refractivity contribution in [3.05, 3.63) is 29.3 Å². The van der Waals surface area contributed by atoms with Gasteiger partial charge in [-0.25, -0.2) is 4.79 Å². The highest BCUT2D eigenvalue weighted by molar-refractivity contribution is 7.85. The molecule has 1 N–H and O–H groups in total. The molecule has 0 aromatic heterocycles. The number of amides is 2. The van der Waals surface area contributed by atoms with Gasteiger partial charge in [-0.1, -0.05) is 17.7 Å². The summed E-state index contributed by atoms with van der Waals surface area (Å²) in [6.07, 6.45) is 0. The fraction of sp³-hybridized carbons (Fsp3) is 0.533. The number of hydrogen-bond acceptors (Lipinski definition) is 3. The van der Waals surface area contributed by atoms with E-state index < -0.39 is 10.8 Å². The average molecular weight is 345 g/mol. The van der Waals surface area contributed by atoms with Gasteiger partial charge < -0.3 is 15.0 Å². The summed E-state index contributed by atoms with van der Waals surface area (Å²) in [4.78, 5) is 13.9. The smallest absolute Gasteiger partial charge is 0.317 e. The molecule has 1 fully saturated rings. The third-order valence-electron chi connectivity index (χ3n) is 3.82. The highest BCUT2D eigenvalue weighted by Crippen LogP contribution is 2.17. The number of urea groups is 1. The zero-order valence-electron chi connectivity index (χ0n) is 12.8. The predicted molar refractivity (Wildman–Crippen MR) is 89.0 cm³/mol. The van der Waals surface area contributed by atoms with Gasteiger partial charge in [0.05, 0.1) is 11.8 Å². The van der Waals surface area contributed by atoms with Crippen LogP contribution in [0.25, 0.3) is 0 Å². The molecule has 2 rings (SSSR count). The second-order valence-corrected chi connectivity index (χ2v) is 7.61. The first-order chi connectivity index (χ1) is 10.5. The van der Waals surface area contributed by atoms with E-state index in [-0.39, 0.29) is 17.3 Å². The number of benzene rings is 1. The van der Waals surface area contributed by atoms with Crippen molar-refractivity contribution < 1.29 is 13.7 Å². The van der Waals surface area contributed by atoms with Crippen LogP contribution in [0, 0.1) is 0 Å². The summed E-state index contributed by atoms with van der Waals surface area (Å²) < 4.78 is 17.3. The molecule has 0 unspecified atom stereocenters. The summed E-state index contributed by atoms with van der Waals surface area (Å²) in [6.45, 7) is 5.16. The molecule has 1 saturated heterocycles. The first-order valence-electron chi connectivity index (χ1n) is 7.29. The Morgan fingerprint density at radius 3 is 3.00 bits per heavy atom. The van der Waals surface area contributed by atoms with E-state index in [1.807, 2.05) is 26.0 Å². The van der Waals surface area contributed by atoms with Crippen molar-refractivity contribution >= 4 is 28.4 Å². The van der Waals surface area contributed by atoms with Crippen LogP contribution in [0.15, 0.2) is 24.3 Å². The molecule has 3 atom stereocenters. The van der Waals surface area contributed by atoms with Crippen LogP contribution in [0.2, 0.25) is 5.02 Å². The molecule has 1 aromatic carbocycles. The lowest BCUT2D eigenvalue weighted by Crippen LogP contribution is -2.55. The molecule has 5 nitrogen and oxygen atoms in total. The second kappa shape index (κ2) is 7.83. The Morgan fingerprint density at radius 1 is 1.50 bits per heavy atom. The molecule has 0 radical (unpaired) electrons. The molecule has 122 valence electrons. The summed E-state index contributed by atoms with van der Waals surface area (Å²) >= 11 is 5.87. The van der Waals surface area contributed by atoms with E-state index in [9.17, 15) is 9.00 Å². The van der Waals surface area contributed by atoms with Gasteiger partial charge in [-0.05, 0) is 32.0 Å². The van der Waals surface area contributed by atoms with Crippen LogP contribution < -0.4 is 10.1 Å². The summed E-state index contributed by atoms with van der Waals surface area (Å²) in [7, 11) is -0.846. The number of hydrogen-bond donors (Lipinski definition) is 1. The zero-order chi connectivity index (χ0) is 16.1. The van der Waals surface area contributed by atoms with Crippen LogP contribution in [-0.4, -0.2) is 51.9 Å². The lowest BCUT2D eigenvalue weighted by atomic mass is 10.2. The Labute approximate surface area is 138 Å². The maximum absolute atomic E-state index is 12.2. The molecule has 2 amide bonds. The van der Waals surface area contributed by atoms with Crippen molar-refractivity contribution in [2.75, 3.05) is 25.4 Å². The van der Waals surface area contributed by atoms with Gasteiger partial charge in [0, 0.05) is 34.2 Å². The molecule has 7 heteroatoms. The Kier molecular flexibility index (Phi) is 6.08. The summed E-state index contributed by atoms with van der Waals surface area (Å²) in [5, 5.41) is 3.45. The molecule has 1 aliphatic heterocycles. The van der Waals surface area contributed by atoms with E-state index in [0.29, 0.717) is 36.2 Å². The van der Waals surface area contributed by atoms with E-state index in [4.69, 9.17) is 16.3 Å². The van der Waals surface area contributed by atoms with Gasteiger partial charge in [-0.15, -0.1) is 0 Å². The normalized spacial score (nSPS) is 24.9. The van der Waals surface area contributed by atoms with Gasteiger partial charge >= 0.3 is 6.03 Å². The second-order valence-electron chi connectivity index (χ2n) is 5.26. The minimum atomic E-state index is -0.846. The number of nitrogens with zero attached hydrogens (tertiary/aromatic N) is 1. The van der Waals surface area contributed by atoms with Crippen LogP contribution in [0.4, 0.5) is 4.79 Å². The molecular weight excluding hydrogens is 324 g/mol. The molecule has 0 aliphatic carbocycles. The first kappa shape index (κ1) is 17.1. The van der Waals surface area contributed by atoms with E-state index in [1.165, 1.54) is 0 Å². The SMILES string of the molecule is C[C@@H]1[C@H](C)[S@@](=O)CCN1C(=O)NCCOc1cccc(Cl)c1. The van der Waals surface area contributed by atoms with Gasteiger partial charge in [0.1, 0.15) is 12.4 Å². The van der Waals surface area contributed by atoms with E-state index in [1.54, 1.807) is 17.0 Å². The summed E-state index contributed by atoms with van der Waals surface area (Å²) in [6, 6.07) is 6.98. The molecular formula is C15H21ClN2O3S. The van der Waals surface area contributed by atoms with Gasteiger partial charge in [0.15, 0.2) is 0 Å². The standard InChI is InChI=1S/C15H21ClN2O3S/c1-11-12(2)22(20)9-7-18(11)15(19)17-6-8-21-14-5-3-4-13(16)10-14/h3-5,10-12H,6-9H2,1-2H3,(H,17,19)/t11-,12+,22+/m1/s1. The Bertz CT molecular complexity index is 555. The van der Waals surface area contributed by atoms with E-state index in [0.717, 1.165) is 0 Å². The number of halogens is 1. The monoisotopic (exact) mass is 344 g/mol. The van der Waals surface area contributed by atoms with Gasteiger partial charge in [-0.3, -0.25) is 4.21 Å². The fourth-order valence-electron chi connectivity index (χ4n) is 2.32. The lowest BCUT2D eigenvalue weighted by Gasteiger charge is -2.37. The minimum Gasteiger partial charge on any atom is -0.492 e. The zero-order valence-corrected chi connectivity index (χ0v) is 14.3. The molecule has 0 bridgehead atoms. The number of rotatable bonds is 4. The molecule has 0 saturated carbocycles. The van der Waals surface area contributed by atoms with Crippen LogP contribution >= 0.6 is 11.6 Å². The topological polar surface area (TPSA) is 58.6 Å². The van der Waals surface area contributed by atoms with Crippen LogP contribution in [0.5, 0.6) is 5.75 Å². The summed E-state index contributed by atoms with van der Waals surface area (Å²) in [5.41, 5.74) is 0.